The second-order valence-corrected chi connectivity index (χ2v) is 4.28. The average Bonchev–Trinajstić information content (AvgIpc) is 2.78. The van der Waals surface area contributed by atoms with Crippen LogP contribution in [0.5, 0.6) is 5.75 Å². The van der Waals surface area contributed by atoms with Gasteiger partial charge in [0.2, 0.25) is 0 Å². The van der Waals surface area contributed by atoms with E-state index in [2.05, 4.69) is 5.10 Å². The van der Waals surface area contributed by atoms with E-state index in [1.807, 2.05) is 37.4 Å². The quantitative estimate of drug-likeness (QED) is 0.895. The monoisotopic (exact) mass is 260 g/mol. The molecule has 0 unspecified atom stereocenters. The van der Waals surface area contributed by atoms with Crippen molar-refractivity contribution in [1.82, 2.24) is 9.78 Å². The van der Waals surface area contributed by atoms with Gasteiger partial charge in [0, 0.05) is 12.6 Å². The minimum atomic E-state index is -0.795. The number of ether oxygens (including phenoxy) is 1. The lowest BCUT2D eigenvalue weighted by molar-refractivity contribution is -0.136. The number of aromatic nitrogens is 2. The molecule has 0 aliphatic rings. The second kappa shape index (κ2) is 5.56. The van der Waals surface area contributed by atoms with Gasteiger partial charge in [-0.2, -0.15) is 5.10 Å². The average molecular weight is 260 g/mol. The fourth-order valence-electron chi connectivity index (χ4n) is 1.85. The van der Waals surface area contributed by atoms with Gasteiger partial charge in [0.15, 0.2) is 0 Å². The molecule has 1 heterocycles. The Kier molecular flexibility index (Phi) is 3.85. The summed E-state index contributed by atoms with van der Waals surface area (Å²) in [7, 11) is 1.62. The zero-order chi connectivity index (χ0) is 13.8. The van der Waals surface area contributed by atoms with E-state index in [0.29, 0.717) is 6.42 Å². The van der Waals surface area contributed by atoms with Gasteiger partial charge < -0.3 is 9.84 Å². The van der Waals surface area contributed by atoms with Crippen LogP contribution < -0.4 is 4.74 Å². The van der Waals surface area contributed by atoms with E-state index in [1.54, 1.807) is 11.8 Å². The highest BCUT2D eigenvalue weighted by molar-refractivity contribution is 5.67. The van der Waals surface area contributed by atoms with Crippen molar-refractivity contribution in [2.45, 2.75) is 19.8 Å². The van der Waals surface area contributed by atoms with E-state index < -0.39 is 5.97 Å². The Hall–Kier alpha value is -2.30. The topological polar surface area (TPSA) is 64.3 Å². The molecule has 1 aromatic heterocycles. The summed E-state index contributed by atoms with van der Waals surface area (Å²) >= 11 is 0. The van der Waals surface area contributed by atoms with Crippen LogP contribution in [0.2, 0.25) is 0 Å². The van der Waals surface area contributed by atoms with Gasteiger partial charge in [-0.15, -0.1) is 0 Å². The van der Waals surface area contributed by atoms with E-state index >= 15 is 0 Å². The van der Waals surface area contributed by atoms with Crippen molar-refractivity contribution in [3.63, 3.8) is 0 Å². The van der Waals surface area contributed by atoms with E-state index in [1.165, 1.54) is 0 Å². The molecule has 0 aliphatic carbocycles. The van der Waals surface area contributed by atoms with E-state index in [9.17, 15) is 4.79 Å². The van der Waals surface area contributed by atoms with Gasteiger partial charge in [-0.3, -0.25) is 4.79 Å². The van der Waals surface area contributed by atoms with Crippen molar-refractivity contribution in [1.29, 1.82) is 0 Å². The highest BCUT2D eigenvalue weighted by Gasteiger charge is 2.08. The van der Waals surface area contributed by atoms with Crippen molar-refractivity contribution >= 4 is 5.97 Å². The fourth-order valence-corrected chi connectivity index (χ4v) is 1.85. The highest BCUT2D eigenvalue weighted by atomic mass is 16.5. The first-order valence-corrected chi connectivity index (χ1v) is 6.01. The number of aryl methyl sites for hydroxylation is 2. The molecule has 0 saturated heterocycles. The van der Waals surface area contributed by atoms with Crippen LogP contribution in [0.3, 0.4) is 0 Å². The minimum Gasteiger partial charge on any atom is -0.497 e. The molecule has 5 heteroatoms. The minimum absolute atomic E-state index is 0.120. The summed E-state index contributed by atoms with van der Waals surface area (Å²) in [5.74, 6) is -0.00433. The zero-order valence-electron chi connectivity index (χ0n) is 11.0. The summed E-state index contributed by atoms with van der Waals surface area (Å²) in [6.07, 6.45) is 2.49. The molecule has 0 fully saturated rings. The maximum atomic E-state index is 10.6. The predicted octanol–water partition coefficient (Wildman–Crippen LogP) is 2.21. The number of hydrogen-bond acceptors (Lipinski definition) is 3. The molecular weight excluding hydrogens is 244 g/mol. The van der Waals surface area contributed by atoms with Crippen molar-refractivity contribution in [2.24, 2.45) is 0 Å². The molecule has 19 heavy (non-hydrogen) atoms. The normalized spacial score (nSPS) is 10.4. The number of aliphatic carboxylic acids is 1. The van der Waals surface area contributed by atoms with E-state index in [0.717, 1.165) is 22.7 Å². The molecule has 0 radical (unpaired) electrons. The summed E-state index contributed by atoms with van der Waals surface area (Å²) in [6.45, 7) is 1.89. The van der Waals surface area contributed by atoms with Crippen LogP contribution in [0, 0.1) is 6.92 Å². The van der Waals surface area contributed by atoms with Gasteiger partial charge >= 0.3 is 5.97 Å². The molecule has 0 bridgehead atoms. The summed E-state index contributed by atoms with van der Waals surface area (Å²) < 4.78 is 6.86. The standard InChI is InChI=1S/C14H16N2O3/c1-10-11(3-8-14(17)18)9-16(15-10)12-4-6-13(19-2)7-5-12/h4-7,9H,3,8H2,1-2H3,(H,17,18). The van der Waals surface area contributed by atoms with E-state index in [4.69, 9.17) is 9.84 Å². The summed E-state index contributed by atoms with van der Waals surface area (Å²) in [5, 5.41) is 13.1. The Morgan fingerprint density at radius 2 is 2.05 bits per heavy atom. The molecule has 0 spiro atoms. The van der Waals surface area contributed by atoms with Crippen molar-refractivity contribution in [3.05, 3.63) is 41.7 Å². The number of hydrogen-bond donors (Lipinski definition) is 1. The fraction of sp³-hybridized carbons (Fsp3) is 0.286. The van der Waals surface area contributed by atoms with Gasteiger partial charge in [-0.25, -0.2) is 4.68 Å². The first-order valence-electron chi connectivity index (χ1n) is 6.01. The van der Waals surface area contributed by atoms with Crippen LogP contribution in [-0.2, 0) is 11.2 Å². The van der Waals surface area contributed by atoms with Crippen LogP contribution in [-0.4, -0.2) is 28.0 Å². The van der Waals surface area contributed by atoms with Crippen LogP contribution in [0.4, 0.5) is 0 Å². The van der Waals surface area contributed by atoms with Gasteiger partial charge in [0.1, 0.15) is 5.75 Å². The lowest BCUT2D eigenvalue weighted by Gasteiger charge is -2.03. The van der Waals surface area contributed by atoms with E-state index in [-0.39, 0.29) is 6.42 Å². The largest absolute Gasteiger partial charge is 0.497 e. The number of carboxylic acids is 1. The molecule has 1 N–H and O–H groups in total. The lowest BCUT2D eigenvalue weighted by atomic mass is 10.1. The molecule has 0 amide bonds. The number of nitrogens with zero attached hydrogens (tertiary/aromatic N) is 2. The zero-order valence-corrected chi connectivity index (χ0v) is 11.0. The Bertz CT molecular complexity index is 573. The van der Waals surface area contributed by atoms with Crippen LogP contribution in [0.25, 0.3) is 5.69 Å². The van der Waals surface area contributed by atoms with Gasteiger partial charge in [0.25, 0.3) is 0 Å². The van der Waals surface area contributed by atoms with Crippen molar-refractivity contribution < 1.29 is 14.6 Å². The maximum Gasteiger partial charge on any atom is 0.303 e. The van der Waals surface area contributed by atoms with Crippen molar-refractivity contribution in [2.75, 3.05) is 7.11 Å². The van der Waals surface area contributed by atoms with Gasteiger partial charge in [-0.05, 0) is 43.2 Å². The molecule has 2 aromatic rings. The molecule has 0 atom stereocenters. The Balaban J connectivity index is 2.20. The molecular formula is C14H16N2O3. The summed E-state index contributed by atoms with van der Waals surface area (Å²) in [6, 6.07) is 7.55. The third-order valence-electron chi connectivity index (χ3n) is 2.95. The highest BCUT2D eigenvalue weighted by Crippen LogP contribution is 2.17. The first-order chi connectivity index (χ1) is 9.10. The first kappa shape index (κ1) is 13.1. The predicted molar refractivity (Wildman–Crippen MR) is 70.8 cm³/mol. The van der Waals surface area contributed by atoms with Gasteiger partial charge in [-0.1, -0.05) is 0 Å². The molecule has 5 nitrogen and oxygen atoms in total. The molecule has 2 rings (SSSR count). The van der Waals surface area contributed by atoms with Crippen molar-refractivity contribution in [3.8, 4) is 11.4 Å². The molecule has 0 saturated carbocycles. The third-order valence-corrected chi connectivity index (χ3v) is 2.95. The van der Waals surface area contributed by atoms with Crippen LogP contribution in [0.1, 0.15) is 17.7 Å². The Morgan fingerprint density at radius 1 is 1.37 bits per heavy atom. The van der Waals surface area contributed by atoms with Crippen LogP contribution in [0.15, 0.2) is 30.5 Å². The Morgan fingerprint density at radius 3 is 2.63 bits per heavy atom. The third kappa shape index (κ3) is 3.13. The number of carboxylic acid groups (broad SMARTS) is 1. The number of methoxy groups -OCH3 is 1. The smallest absolute Gasteiger partial charge is 0.303 e. The van der Waals surface area contributed by atoms with Crippen LogP contribution >= 0.6 is 0 Å². The maximum absolute atomic E-state index is 10.6. The SMILES string of the molecule is COc1ccc(-n2cc(CCC(=O)O)c(C)n2)cc1. The summed E-state index contributed by atoms with van der Waals surface area (Å²) in [5.41, 5.74) is 2.74. The number of benzene rings is 1. The number of carbonyl (C=O) groups is 1. The summed E-state index contributed by atoms with van der Waals surface area (Å²) in [4.78, 5) is 10.6. The lowest BCUT2D eigenvalue weighted by Crippen LogP contribution is -1.97. The molecule has 0 aliphatic heterocycles. The molecule has 100 valence electrons. The Labute approximate surface area is 111 Å². The van der Waals surface area contributed by atoms with Gasteiger partial charge in [0.05, 0.1) is 18.5 Å². The number of rotatable bonds is 5. The second-order valence-electron chi connectivity index (χ2n) is 4.28. The molecule has 1 aromatic carbocycles.